The fourth-order valence-corrected chi connectivity index (χ4v) is 6.03. The number of rotatable bonds is 3. The standard InChI is InChI=1S/C37H22N4O/c1-2-7-25-18-28(14-13-23(25)6-1)41(30-19-27-12-11-24-9-5-17-38-35(24)36(27)39-22-30)29-15-16-31-33(21-29)42-34-20-26-8-3-4-10-32(26)40-37(31)34/h1-22H. The predicted octanol–water partition coefficient (Wildman–Crippen LogP) is 9.85. The summed E-state index contributed by atoms with van der Waals surface area (Å²) in [5.74, 6) is 0. The third-order valence-electron chi connectivity index (χ3n) is 8.05. The quantitative estimate of drug-likeness (QED) is 0.210. The van der Waals surface area contributed by atoms with E-state index in [-0.39, 0.29) is 0 Å². The average Bonchev–Trinajstić information content (AvgIpc) is 3.40. The lowest BCUT2D eigenvalue weighted by Gasteiger charge is -2.25. The average molecular weight is 539 g/mol. The molecule has 0 amide bonds. The number of benzene rings is 5. The lowest BCUT2D eigenvalue weighted by atomic mass is 10.1. The van der Waals surface area contributed by atoms with Crippen LogP contribution in [0, 0.1) is 0 Å². The monoisotopic (exact) mass is 538 g/mol. The van der Waals surface area contributed by atoms with Crippen LogP contribution in [-0.4, -0.2) is 15.0 Å². The molecule has 0 spiro atoms. The van der Waals surface area contributed by atoms with Crippen LogP contribution in [0.15, 0.2) is 138 Å². The molecule has 0 bridgehead atoms. The number of pyridine rings is 3. The van der Waals surface area contributed by atoms with Crippen LogP contribution in [0.25, 0.3) is 65.6 Å². The normalized spacial score (nSPS) is 11.8. The maximum atomic E-state index is 6.40. The Morgan fingerprint density at radius 2 is 1.19 bits per heavy atom. The molecular weight excluding hydrogens is 516 g/mol. The van der Waals surface area contributed by atoms with E-state index in [1.807, 2.05) is 36.7 Å². The smallest absolute Gasteiger partial charge is 0.154 e. The fraction of sp³-hybridized carbons (Fsp3) is 0. The highest BCUT2D eigenvalue weighted by molar-refractivity contribution is 6.08. The number of furan rings is 1. The summed E-state index contributed by atoms with van der Waals surface area (Å²) in [6.07, 6.45) is 3.75. The van der Waals surface area contributed by atoms with E-state index in [2.05, 4.69) is 107 Å². The van der Waals surface area contributed by atoms with E-state index in [0.717, 1.165) is 71.8 Å². The molecule has 0 fully saturated rings. The van der Waals surface area contributed by atoms with Gasteiger partial charge in [0.05, 0.1) is 28.4 Å². The molecule has 0 radical (unpaired) electrons. The molecule has 42 heavy (non-hydrogen) atoms. The van der Waals surface area contributed by atoms with Crippen LogP contribution in [-0.2, 0) is 0 Å². The number of aromatic nitrogens is 3. The van der Waals surface area contributed by atoms with Crippen molar-refractivity contribution in [2.45, 2.75) is 0 Å². The molecule has 0 saturated heterocycles. The minimum Gasteiger partial charge on any atom is -0.454 e. The van der Waals surface area contributed by atoms with Crippen LogP contribution >= 0.6 is 0 Å². The third-order valence-corrected chi connectivity index (χ3v) is 8.05. The van der Waals surface area contributed by atoms with Crippen LogP contribution in [0.1, 0.15) is 0 Å². The highest BCUT2D eigenvalue weighted by atomic mass is 16.3. The SMILES string of the molecule is c1ccc2cc(N(c3cnc4c(ccc5cccnc54)c3)c3ccc4c(c3)oc3cc5ccccc5nc34)ccc2c1. The fourth-order valence-electron chi connectivity index (χ4n) is 6.03. The van der Waals surface area contributed by atoms with Crippen LogP contribution < -0.4 is 4.90 Å². The van der Waals surface area contributed by atoms with E-state index in [0.29, 0.717) is 0 Å². The van der Waals surface area contributed by atoms with Crippen LogP contribution in [0.5, 0.6) is 0 Å². The Morgan fingerprint density at radius 3 is 2.14 bits per heavy atom. The summed E-state index contributed by atoms with van der Waals surface area (Å²) < 4.78 is 6.40. The zero-order valence-electron chi connectivity index (χ0n) is 22.4. The first-order valence-electron chi connectivity index (χ1n) is 13.9. The zero-order chi connectivity index (χ0) is 27.6. The number of nitrogens with zero attached hydrogens (tertiary/aromatic N) is 4. The van der Waals surface area contributed by atoms with Crippen molar-refractivity contribution in [3.63, 3.8) is 0 Å². The second-order valence-corrected chi connectivity index (χ2v) is 10.6. The summed E-state index contributed by atoms with van der Waals surface area (Å²) in [7, 11) is 0. The van der Waals surface area contributed by atoms with Crippen molar-refractivity contribution in [1.29, 1.82) is 0 Å². The molecule has 4 aromatic heterocycles. The van der Waals surface area contributed by atoms with Crippen molar-refractivity contribution in [2.75, 3.05) is 4.90 Å². The first kappa shape index (κ1) is 22.9. The Labute approximate surface area is 240 Å². The molecule has 0 aliphatic carbocycles. The first-order chi connectivity index (χ1) is 20.8. The number of hydrogen-bond donors (Lipinski definition) is 0. The largest absolute Gasteiger partial charge is 0.454 e. The Bertz CT molecular complexity index is 2500. The highest BCUT2D eigenvalue weighted by Gasteiger charge is 2.18. The van der Waals surface area contributed by atoms with Crippen molar-refractivity contribution in [1.82, 2.24) is 15.0 Å². The maximum absolute atomic E-state index is 6.40. The molecule has 5 nitrogen and oxygen atoms in total. The summed E-state index contributed by atoms with van der Waals surface area (Å²) in [6, 6.07) is 41.9. The van der Waals surface area contributed by atoms with Crippen LogP contribution in [0.4, 0.5) is 17.1 Å². The molecule has 0 saturated carbocycles. The predicted molar refractivity (Wildman–Crippen MR) is 172 cm³/mol. The van der Waals surface area contributed by atoms with Gasteiger partial charge in [-0.05, 0) is 59.3 Å². The van der Waals surface area contributed by atoms with Gasteiger partial charge in [0.15, 0.2) is 5.58 Å². The third kappa shape index (κ3) is 3.54. The van der Waals surface area contributed by atoms with Gasteiger partial charge in [-0.2, -0.15) is 0 Å². The number of fused-ring (bicyclic) bond motifs is 8. The number of anilines is 3. The summed E-state index contributed by atoms with van der Waals surface area (Å²) in [5, 5.41) is 6.53. The summed E-state index contributed by atoms with van der Waals surface area (Å²) in [4.78, 5) is 16.7. The summed E-state index contributed by atoms with van der Waals surface area (Å²) >= 11 is 0. The molecular formula is C37H22N4O. The van der Waals surface area contributed by atoms with Crippen molar-refractivity contribution in [2.24, 2.45) is 0 Å². The minimum atomic E-state index is 0.782. The van der Waals surface area contributed by atoms with E-state index in [4.69, 9.17) is 14.4 Å². The van der Waals surface area contributed by atoms with Gasteiger partial charge in [-0.15, -0.1) is 0 Å². The molecule has 4 heterocycles. The molecule has 5 heteroatoms. The minimum absolute atomic E-state index is 0.782. The second kappa shape index (κ2) is 8.85. The van der Waals surface area contributed by atoms with Crippen molar-refractivity contribution in [3.8, 4) is 0 Å². The summed E-state index contributed by atoms with van der Waals surface area (Å²) in [6.45, 7) is 0. The molecule has 9 rings (SSSR count). The molecule has 0 atom stereocenters. The topological polar surface area (TPSA) is 55.1 Å². The van der Waals surface area contributed by atoms with Gasteiger partial charge in [0.25, 0.3) is 0 Å². The van der Waals surface area contributed by atoms with Gasteiger partial charge in [-0.25, -0.2) is 4.98 Å². The molecule has 0 unspecified atom stereocenters. The second-order valence-electron chi connectivity index (χ2n) is 10.6. The summed E-state index contributed by atoms with van der Waals surface area (Å²) in [5.41, 5.74) is 8.16. The first-order valence-corrected chi connectivity index (χ1v) is 13.9. The number of hydrogen-bond acceptors (Lipinski definition) is 5. The zero-order valence-corrected chi connectivity index (χ0v) is 22.4. The molecule has 196 valence electrons. The Morgan fingerprint density at radius 1 is 0.476 bits per heavy atom. The van der Waals surface area contributed by atoms with Crippen molar-refractivity contribution >= 4 is 82.6 Å². The molecule has 5 aromatic carbocycles. The number of para-hydroxylation sites is 1. The van der Waals surface area contributed by atoms with Gasteiger partial charge in [-0.1, -0.05) is 66.7 Å². The Balaban J connectivity index is 1.27. The highest BCUT2D eigenvalue weighted by Crippen LogP contribution is 2.40. The molecule has 9 aromatic rings. The van der Waals surface area contributed by atoms with E-state index < -0.39 is 0 Å². The van der Waals surface area contributed by atoms with E-state index in [9.17, 15) is 0 Å². The van der Waals surface area contributed by atoms with Gasteiger partial charge < -0.3 is 9.32 Å². The van der Waals surface area contributed by atoms with E-state index in [1.54, 1.807) is 0 Å². The van der Waals surface area contributed by atoms with Gasteiger partial charge in [0.1, 0.15) is 11.1 Å². The molecule has 0 N–H and O–H groups in total. The van der Waals surface area contributed by atoms with Gasteiger partial charge in [-0.3, -0.25) is 9.97 Å². The van der Waals surface area contributed by atoms with Crippen molar-refractivity contribution in [3.05, 3.63) is 134 Å². The maximum Gasteiger partial charge on any atom is 0.154 e. The van der Waals surface area contributed by atoms with E-state index in [1.165, 1.54) is 10.8 Å². The van der Waals surface area contributed by atoms with Gasteiger partial charge in [0.2, 0.25) is 0 Å². The van der Waals surface area contributed by atoms with Gasteiger partial charge >= 0.3 is 0 Å². The Hall–Kier alpha value is -5.81. The van der Waals surface area contributed by atoms with Crippen LogP contribution in [0.3, 0.4) is 0 Å². The lowest BCUT2D eigenvalue weighted by molar-refractivity contribution is 0.669. The van der Waals surface area contributed by atoms with Gasteiger partial charge in [0, 0.05) is 45.2 Å². The lowest BCUT2D eigenvalue weighted by Crippen LogP contribution is -2.10. The molecule has 0 aliphatic heterocycles. The Kier molecular flexibility index (Phi) is 4.83. The molecule has 0 aliphatic rings. The van der Waals surface area contributed by atoms with E-state index >= 15 is 0 Å². The van der Waals surface area contributed by atoms with Crippen molar-refractivity contribution < 1.29 is 4.42 Å². The van der Waals surface area contributed by atoms with Crippen LogP contribution in [0.2, 0.25) is 0 Å².